The number of nitrogens with one attached hydrogen (secondary N) is 1. The Bertz CT molecular complexity index is 499. The predicted molar refractivity (Wildman–Crippen MR) is 84.4 cm³/mol. The standard InChI is InChI=1S/C17H25NO4/c1-4-12(5-2)11-21-16-10-13(6-7-15(16)20-3)14-8-9-18-17(19)22-14/h6-7,10,12,14H,4-5,8-9,11H2,1-3H3,(H,18,19). The summed E-state index contributed by atoms with van der Waals surface area (Å²) in [5, 5.41) is 2.66. The van der Waals surface area contributed by atoms with Gasteiger partial charge in [0.05, 0.1) is 13.7 Å². The van der Waals surface area contributed by atoms with Crippen LogP contribution in [0.15, 0.2) is 18.2 Å². The zero-order valence-electron chi connectivity index (χ0n) is 13.6. The van der Waals surface area contributed by atoms with Crippen LogP contribution < -0.4 is 14.8 Å². The van der Waals surface area contributed by atoms with Crippen LogP contribution in [0.5, 0.6) is 11.5 Å². The lowest BCUT2D eigenvalue weighted by atomic mass is 10.0. The zero-order valence-corrected chi connectivity index (χ0v) is 13.6. The van der Waals surface area contributed by atoms with E-state index in [9.17, 15) is 4.79 Å². The lowest BCUT2D eigenvalue weighted by Gasteiger charge is -2.24. The van der Waals surface area contributed by atoms with Gasteiger partial charge in [-0.25, -0.2) is 4.79 Å². The number of hydrogen-bond acceptors (Lipinski definition) is 4. The Labute approximate surface area is 131 Å². The van der Waals surface area contributed by atoms with Crippen molar-refractivity contribution in [3.63, 3.8) is 0 Å². The largest absolute Gasteiger partial charge is 0.493 e. The SMILES string of the molecule is CCC(CC)COc1cc(C2CCNC(=O)O2)ccc1OC. The second-order valence-corrected chi connectivity index (χ2v) is 5.51. The summed E-state index contributed by atoms with van der Waals surface area (Å²) in [6, 6.07) is 5.71. The Hall–Kier alpha value is -1.91. The third-order valence-corrected chi connectivity index (χ3v) is 4.11. The van der Waals surface area contributed by atoms with Crippen LogP contribution in [0.25, 0.3) is 0 Å². The van der Waals surface area contributed by atoms with Crippen LogP contribution >= 0.6 is 0 Å². The Morgan fingerprint density at radius 1 is 1.32 bits per heavy atom. The summed E-state index contributed by atoms with van der Waals surface area (Å²) >= 11 is 0. The van der Waals surface area contributed by atoms with Crippen molar-refractivity contribution in [2.75, 3.05) is 20.3 Å². The lowest BCUT2D eigenvalue weighted by molar-refractivity contribution is 0.0736. The van der Waals surface area contributed by atoms with Gasteiger partial charge in [-0.2, -0.15) is 0 Å². The molecular weight excluding hydrogens is 282 g/mol. The molecule has 1 unspecified atom stereocenters. The molecule has 1 aromatic rings. The van der Waals surface area contributed by atoms with E-state index in [0.717, 1.165) is 24.8 Å². The van der Waals surface area contributed by atoms with Crippen molar-refractivity contribution in [3.8, 4) is 11.5 Å². The topological polar surface area (TPSA) is 56.8 Å². The number of benzene rings is 1. The lowest BCUT2D eigenvalue weighted by Crippen LogP contribution is -2.33. The van der Waals surface area contributed by atoms with Crippen LogP contribution in [-0.2, 0) is 4.74 Å². The molecule has 1 fully saturated rings. The molecule has 0 saturated carbocycles. The molecule has 2 rings (SSSR count). The summed E-state index contributed by atoms with van der Waals surface area (Å²) in [4.78, 5) is 11.4. The van der Waals surface area contributed by atoms with Crippen molar-refractivity contribution < 1.29 is 19.0 Å². The highest BCUT2D eigenvalue weighted by Crippen LogP contribution is 2.33. The summed E-state index contributed by atoms with van der Waals surface area (Å²) in [6.45, 7) is 5.62. The van der Waals surface area contributed by atoms with Gasteiger partial charge < -0.3 is 19.5 Å². The number of hydrogen-bond donors (Lipinski definition) is 1. The number of carbonyl (C=O) groups is 1. The molecule has 122 valence electrons. The first kappa shape index (κ1) is 16.5. The van der Waals surface area contributed by atoms with Gasteiger partial charge in [0.15, 0.2) is 11.5 Å². The molecule has 1 aliphatic heterocycles. The van der Waals surface area contributed by atoms with E-state index in [1.807, 2.05) is 18.2 Å². The Morgan fingerprint density at radius 2 is 2.09 bits per heavy atom. The van der Waals surface area contributed by atoms with Gasteiger partial charge in [0.1, 0.15) is 6.10 Å². The van der Waals surface area contributed by atoms with Crippen LogP contribution in [-0.4, -0.2) is 26.4 Å². The molecule has 1 atom stereocenters. The number of alkyl carbamates (subject to hydrolysis) is 1. The molecular formula is C17H25NO4. The Morgan fingerprint density at radius 3 is 2.73 bits per heavy atom. The molecule has 5 heteroatoms. The van der Waals surface area contributed by atoms with Crippen LogP contribution in [0.2, 0.25) is 0 Å². The van der Waals surface area contributed by atoms with E-state index < -0.39 is 0 Å². The smallest absolute Gasteiger partial charge is 0.407 e. The van der Waals surface area contributed by atoms with Crippen LogP contribution in [0, 0.1) is 5.92 Å². The number of carbonyl (C=O) groups excluding carboxylic acids is 1. The molecule has 1 saturated heterocycles. The molecule has 0 aromatic heterocycles. The minimum Gasteiger partial charge on any atom is -0.493 e. The molecule has 22 heavy (non-hydrogen) atoms. The molecule has 1 aliphatic rings. The predicted octanol–water partition coefficient (Wildman–Crippen LogP) is 3.68. The summed E-state index contributed by atoms with van der Waals surface area (Å²) in [5.74, 6) is 1.95. The van der Waals surface area contributed by atoms with E-state index in [1.165, 1.54) is 0 Å². The maximum absolute atomic E-state index is 11.4. The monoisotopic (exact) mass is 307 g/mol. The van der Waals surface area contributed by atoms with E-state index in [2.05, 4.69) is 19.2 Å². The highest BCUT2D eigenvalue weighted by atomic mass is 16.6. The summed E-state index contributed by atoms with van der Waals surface area (Å²) < 4.78 is 16.6. The highest BCUT2D eigenvalue weighted by Gasteiger charge is 2.22. The van der Waals surface area contributed by atoms with Gasteiger partial charge in [0.2, 0.25) is 0 Å². The number of methoxy groups -OCH3 is 1. The third kappa shape index (κ3) is 4.06. The molecule has 0 spiro atoms. The first-order chi connectivity index (χ1) is 10.7. The van der Waals surface area contributed by atoms with Crippen molar-refractivity contribution in [2.45, 2.75) is 39.2 Å². The fourth-order valence-corrected chi connectivity index (χ4v) is 2.51. The van der Waals surface area contributed by atoms with Crippen molar-refractivity contribution >= 4 is 6.09 Å². The average molecular weight is 307 g/mol. The zero-order chi connectivity index (χ0) is 15.9. The number of amides is 1. The Balaban J connectivity index is 2.13. The number of cyclic esters (lactones) is 1. The van der Waals surface area contributed by atoms with Gasteiger partial charge in [-0.1, -0.05) is 32.8 Å². The fourth-order valence-electron chi connectivity index (χ4n) is 2.51. The first-order valence-corrected chi connectivity index (χ1v) is 7.93. The minimum atomic E-state index is -0.369. The van der Waals surface area contributed by atoms with Crippen LogP contribution in [0.1, 0.15) is 44.8 Å². The molecule has 1 N–H and O–H groups in total. The van der Waals surface area contributed by atoms with Gasteiger partial charge >= 0.3 is 6.09 Å². The van der Waals surface area contributed by atoms with E-state index in [0.29, 0.717) is 30.6 Å². The molecule has 1 heterocycles. The molecule has 5 nitrogen and oxygen atoms in total. The van der Waals surface area contributed by atoms with Gasteiger partial charge in [-0.15, -0.1) is 0 Å². The fraction of sp³-hybridized carbons (Fsp3) is 0.588. The van der Waals surface area contributed by atoms with E-state index >= 15 is 0 Å². The van der Waals surface area contributed by atoms with Gasteiger partial charge in [0, 0.05) is 13.0 Å². The summed E-state index contributed by atoms with van der Waals surface area (Å²) in [5.41, 5.74) is 0.940. The molecule has 0 bridgehead atoms. The second-order valence-electron chi connectivity index (χ2n) is 5.51. The van der Waals surface area contributed by atoms with Crippen molar-refractivity contribution in [3.05, 3.63) is 23.8 Å². The quantitative estimate of drug-likeness (QED) is 0.835. The Kier molecular flexibility index (Phi) is 5.92. The van der Waals surface area contributed by atoms with Gasteiger partial charge in [-0.05, 0) is 23.6 Å². The van der Waals surface area contributed by atoms with E-state index in [4.69, 9.17) is 14.2 Å². The molecule has 1 aromatic carbocycles. The molecule has 0 aliphatic carbocycles. The molecule has 1 amide bonds. The van der Waals surface area contributed by atoms with E-state index in [-0.39, 0.29) is 12.2 Å². The first-order valence-electron chi connectivity index (χ1n) is 7.93. The summed E-state index contributed by atoms with van der Waals surface area (Å²) in [7, 11) is 1.63. The minimum absolute atomic E-state index is 0.227. The van der Waals surface area contributed by atoms with Crippen molar-refractivity contribution in [2.24, 2.45) is 5.92 Å². The van der Waals surface area contributed by atoms with Crippen LogP contribution in [0.4, 0.5) is 4.79 Å². The van der Waals surface area contributed by atoms with Crippen molar-refractivity contribution in [1.29, 1.82) is 0 Å². The van der Waals surface area contributed by atoms with Crippen LogP contribution in [0.3, 0.4) is 0 Å². The summed E-state index contributed by atoms with van der Waals surface area (Å²) in [6.07, 6.45) is 2.33. The second kappa shape index (κ2) is 7.92. The number of rotatable bonds is 7. The van der Waals surface area contributed by atoms with Gasteiger partial charge in [-0.3, -0.25) is 0 Å². The normalized spacial score (nSPS) is 17.8. The maximum Gasteiger partial charge on any atom is 0.407 e. The maximum atomic E-state index is 11.4. The van der Waals surface area contributed by atoms with E-state index in [1.54, 1.807) is 7.11 Å². The number of ether oxygens (including phenoxy) is 3. The highest BCUT2D eigenvalue weighted by molar-refractivity contribution is 5.68. The van der Waals surface area contributed by atoms with Gasteiger partial charge in [0.25, 0.3) is 0 Å². The average Bonchev–Trinajstić information content (AvgIpc) is 2.55. The van der Waals surface area contributed by atoms with Crippen molar-refractivity contribution in [1.82, 2.24) is 5.32 Å². The third-order valence-electron chi connectivity index (χ3n) is 4.11. The molecule has 0 radical (unpaired) electrons.